The van der Waals surface area contributed by atoms with Gasteiger partial charge in [0.1, 0.15) is 5.52 Å². The van der Waals surface area contributed by atoms with Crippen LogP contribution in [0.4, 0.5) is 5.95 Å². The summed E-state index contributed by atoms with van der Waals surface area (Å²) in [5.74, 6) is 0.534. The van der Waals surface area contributed by atoms with Crippen LogP contribution < -0.4 is 5.73 Å². The Morgan fingerprint density at radius 2 is 2.05 bits per heavy atom. The molecule has 0 aliphatic carbocycles. The Morgan fingerprint density at radius 1 is 1.25 bits per heavy atom. The molecule has 2 N–H and O–H groups in total. The average Bonchev–Trinajstić information content (AvgIpc) is 3.05. The molecule has 7 nitrogen and oxygen atoms in total. The van der Waals surface area contributed by atoms with Crippen LogP contribution in [0.3, 0.4) is 0 Å². The highest BCUT2D eigenvalue weighted by atomic mass is 15.4. The van der Waals surface area contributed by atoms with Crippen molar-refractivity contribution in [2.45, 2.75) is 40.4 Å². The van der Waals surface area contributed by atoms with Gasteiger partial charge in [-0.1, -0.05) is 0 Å². The number of imidazole rings is 1. The molecule has 3 rings (SSSR count). The summed E-state index contributed by atoms with van der Waals surface area (Å²) in [4.78, 5) is 4.43. The number of hydrogen-bond acceptors (Lipinski definition) is 4. The van der Waals surface area contributed by atoms with E-state index in [4.69, 9.17) is 5.73 Å². The number of rotatable bonds is 4. The molecule has 0 spiro atoms. The molecule has 0 bridgehead atoms. The summed E-state index contributed by atoms with van der Waals surface area (Å²) in [5.41, 5.74) is 10.00. The lowest BCUT2D eigenvalue weighted by molar-refractivity contribution is 0.533. The number of aryl methyl sites for hydroxylation is 5. The first kappa shape index (κ1) is 12.7. The molecule has 0 atom stereocenters. The van der Waals surface area contributed by atoms with Crippen molar-refractivity contribution in [2.75, 3.05) is 5.73 Å². The van der Waals surface area contributed by atoms with Gasteiger partial charge >= 0.3 is 0 Å². The van der Waals surface area contributed by atoms with E-state index in [1.807, 2.05) is 40.2 Å². The fraction of sp³-hybridized carbons (Fsp3) is 0.462. The normalized spacial score (nSPS) is 11.6. The summed E-state index contributed by atoms with van der Waals surface area (Å²) in [7, 11) is 0. The largest absolute Gasteiger partial charge is 0.369 e. The molecule has 0 saturated carbocycles. The van der Waals surface area contributed by atoms with Crippen LogP contribution in [0.25, 0.3) is 11.2 Å². The number of fused-ring (bicyclic) bond motifs is 1. The fourth-order valence-electron chi connectivity index (χ4n) is 2.47. The zero-order valence-corrected chi connectivity index (χ0v) is 12.0. The highest BCUT2D eigenvalue weighted by Crippen LogP contribution is 2.21. The van der Waals surface area contributed by atoms with Crippen LogP contribution in [-0.4, -0.2) is 29.1 Å². The van der Waals surface area contributed by atoms with Crippen LogP contribution in [0.5, 0.6) is 0 Å². The number of aromatic nitrogens is 6. The summed E-state index contributed by atoms with van der Waals surface area (Å²) in [6.45, 7) is 8.35. The maximum absolute atomic E-state index is 6.04. The first-order valence-electron chi connectivity index (χ1n) is 6.78. The van der Waals surface area contributed by atoms with E-state index < -0.39 is 0 Å². The smallest absolute Gasteiger partial charge is 0.202 e. The number of hydrogen-bond donors (Lipinski definition) is 1. The number of nitrogens with zero attached hydrogens (tertiary/aromatic N) is 6. The van der Waals surface area contributed by atoms with Crippen LogP contribution in [0, 0.1) is 13.8 Å². The van der Waals surface area contributed by atoms with Crippen molar-refractivity contribution < 1.29 is 0 Å². The van der Waals surface area contributed by atoms with Crippen molar-refractivity contribution in [2.24, 2.45) is 0 Å². The maximum atomic E-state index is 6.04. The third-order valence-electron chi connectivity index (χ3n) is 3.44. The molecule has 0 aliphatic rings. The van der Waals surface area contributed by atoms with Crippen LogP contribution in [0.2, 0.25) is 0 Å². The van der Waals surface area contributed by atoms with Gasteiger partial charge in [0, 0.05) is 19.3 Å². The quantitative estimate of drug-likeness (QED) is 0.778. The van der Waals surface area contributed by atoms with Crippen LogP contribution in [0.1, 0.15) is 18.2 Å². The van der Waals surface area contributed by atoms with Gasteiger partial charge in [0.25, 0.3) is 0 Å². The predicted octanol–water partition coefficient (Wildman–Crippen LogP) is 1.35. The van der Waals surface area contributed by atoms with Crippen LogP contribution in [-0.2, 0) is 19.6 Å². The molecule has 0 aliphatic heterocycles. The number of nitrogens with two attached hydrogens (primary N) is 1. The monoisotopic (exact) mass is 273 g/mol. The van der Waals surface area contributed by atoms with E-state index in [1.165, 1.54) is 0 Å². The Balaban J connectivity index is 1.96. The Morgan fingerprint density at radius 3 is 2.70 bits per heavy atom. The lowest BCUT2D eigenvalue weighted by atomic mass is 10.4. The van der Waals surface area contributed by atoms with Gasteiger partial charge in [-0.25, -0.2) is 9.67 Å². The second kappa shape index (κ2) is 4.66. The molecule has 20 heavy (non-hydrogen) atoms. The second-order valence-corrected chi connectivity index (χ2v) is 4.98. The number of nitrogen functional groups attached to an aromatic ring is 1. The van der Waals surface area contributed by atoms with Crippen molar-refractivity contribution in [1.29, 1.82) is 0 Å². The van der Waals surface area contributed by atoms with E-state index >= 15 is 0 Å². The molecule has 106 valence electrons. The average molecular weight is 273 g/mol. The molecule has 3 aromatic rings. The molecule has 0 fully saturated rings. The molecule has 3 aromatic heterocycles. The summed E-state index contributed by atoms with van der Waals surface area (Å²) in [6, 6.07) is 0. The van der Waals surface area contributed by atoms with E-state index in [9.17, 15) is 0 Å². The van der Waals surface area contributed by atoms with Crippen molar-refractivity contribution in [3.05, 3.63) is 23.7 Å². The molecule has 0 unspecified atom stereocenters. The SMILES string of the molecule is CCn1nc(C)c2nc(N)n(CCn3cc(C)cn3)c21. The van der Waals surface area contributed by atoms with E-state index in [1.54, 1.807) is 0 Å². The zero-order chi connectivity index (χ0) is 14.3. The van der Waals surface area contributed by atoms with E-state index in [0.717, 1.165) is 42.1 Å². The Labute approximate surface area is 117 Å². The van der Waals surface area contributed by atoms with Gasteiger partial charge in [-0.3, -0.25) is 9.25 Å². The summed E-state index contributed by atoms with van der Waals surface area (Å²) in [5, 5.41) is 8.78. The Kier molecular flexibility index (Phi) is 2.96. The summed E-state index contributed by atoms with van der Waals surface area (Å²) in [6.07, 6.45) is 3.87. The molecule has 0 radical (unpaired) electrons. The summed E-state index contributed by atoms with van der Waals surface area (Å²) >= 11 is 0. The Bertz CT molecular complexity index is 746. The lowest BCUT2D eigenvalue weighted by Gasteiger charge is -2.08. The highest BCUT2D eigenvalue weighted by molar-refractivity contribution is 5.77. The topological polar surface area (TPSA) is 79.5 Å². The van der Waals surface area contributed by atoms with Crippen molar-refractivity contribution >= 4 is 17.1 Å². The molecule has 0 saturated heterocycles. The third kappa shape index (κ3) is 1.95. The first-order chi connectivity index (χ1) is 9.60. The minimum Gasteiger partial charge on any atom is -0.369 e. The van der Waals surface area contributed by atoms with Crippen molar-refractivity contribution in [3.63, 3.8) is 0 Å². The lowest BCUT2D eigenvalue weighted by Crippen LogP contribution is -2.12. The van der Waals surface area contributed by atoms with E-state index in [-0.39, 0.29) is 0 Å². The molecule has 3 heterocycles. The Hall–Kier alpha value is -2.31. The van der Waals surface area contributed by atoms with Crippen LogP contribution >= 0.6 is 0 Å². The predicted molar refractivity (Wildman–Crippen MR) is 77.3 cm³/mol. The molecule has 0 aromatic carbocycles. The maximum Gasteiger partial charge on any atom is 0.202 e. The van der Waals surface area contributed by atoms with E-state index in [0.29, 0.717) is 5.95 Å². The molecule has 0 amide bonds. The first-order valence-corrected chi connectivity index (χ1v) is 6.78. The minimum absolute atomic E-state index is 0.534. The fourth-order valence-corrected chi connectivity index (χ4v) is 2.47. The second-order valence-electron chi connectivity index (χ2n) is 4.98. The zero-order valence-electron chi connectivity index (χ0n) is 12.0. The van der Waals surface area contributed by atoms with Gasteiger partial charge in [0.05, 0.1) is 18.4 Å². The van der Waals surface area contributed by atoms with Crippen molar-refractivity contribution in [3.8, 4) is 0 Å². The van der Waals surface area contributed by atoms with Crippen molar-refractivity contribution in [1.82, 2.24) is 29.1 Å². The standard InChI is InChI=1S/C13H19N7/c1-4-20-12-11(10(3)17-20)16-13(14)19(12)6-5-18-8-9(2)7-15-18/h7-8H,4-6H2,1-3H3,(H2,14,16). The number of anilines is 1. The molecular formula is C13H19N7. The van der Waals surface area contributed by atoms with Gasteiger partial charge in [-0.15, -0.1) is 0 Å². The van der Waals surface area contributed by atoms with Gasteiger partial charge in [-0.2, -0.15) is 10.2 Å². The molecule has 7 heteroatoms. The summed E-state index contributed by atoms with van der Waals surface area (Å²) < 4.78 is 5.87. The highest BCUT2D eigenvalue weighted by Gasteiger charge is 2.16. The van der Waals surface area contributed by atoms with Gasteiger partial charge in [-0.05, 0) is 26.3 Å². The van der Waals surface area contributed by atoms with Gasteiger partial charge in [0.15, 0.2) is 5.65 Å². The van der Waals surface area contributed by atoms with E-state index in [2.05, 4.69) is 22.1 Å². The molecular weight excluding hydrogens is 254 g/mol. The minimum atomic E-state index is 0.534. The third-order valence-corrected chi connectivity index (χ3v) is 3.44. The van der Waals surface area contributed by atoms with Gasteiger partial charge < -0.3 is 5.73 Å². The van der Waals surface area contributed by atoms with Gasteiger partial charge in [0.2, 0.25) is 5.95 Å². The van der Waals surface area contributed by atoms with Crippen LogP contribution in [0.15, 0.2) is 12.4 Å².